The number of likely N-dealkylation sites (tertiary alicyclic amines) is 1. The van der Waals surface area contributed by atoms with Crippen LogP contribution in [0, 0.1) is 0 Å². The number of hydrogen-bond donors (Lipinski definition) is 0. The van der Waals surface area contributed by atoms with Gasteiger partial charge in [0.25, 0.3) is 16.0 Å². The monoisotopic (exact) mass is 531 g/mol. The number of hydrogen-bond acceptors (Lipinski definition) is 4. The zero-order chi connectivity index (χ0) is 24.9. The molecule has 1 aliphatic heterocycles. The van der Waals surface area contributed by atoms with Crippen LogP contribution in [-0.2, 0) is 19.7 Å². The fourth-order valence-electron chi connectivity index (χ4n) is 4.71. The molecular formula is C27H27Cl2NO4S. The van der Waals surface area contributed by atoms with Gasteiger partial charge in [0.1, 0.15) is 0 Å². The van der Waals surface area contributed by atoms with Crippen LogP contribution in [0.2, 0.25) is 10.0 Å². The van der Waals surface area contributed by atoms with Gasteiger partial charge in [0.2, 0.25) is 0 Å². The smallest absolute Gasteiger partial charge is 0.296 e. The van der Waals surface area contributed by atoms with Gasteiger partial charge in [-0.05, 0) is 67.6 Å². The summed E-state index contributed by atoms with van der Waals surface area (Å²) in [5, 5.41) is 0.925. The van der Waals surface area contributed by atoms with E-state index >= 15 is 0 Å². The van der Waals surface area contributed by atoms with E-state index in [4.69, 9.17) is 27.4 Å². The molecule has 8 heteroatoms. The third-order valence-electron chi connectivity index (χ3n) is 6.49. The average Bonchev–Trinajstić information content (AvgIpc) is 2.89. The largest absolute Gasteiger partial charge is 0.338 e. The molecule has 1 heterocycles. The highest BCUT2D eigenvalue weighted by Crippen LogP contribution is 2.41. The average molecular weight is 532 g/mol. The SMILES string of the molecule is O=C(c1ccccc1)N1CCC[C@](CCCOS(=O)(=O)c2ccccc2)(c2ccc(Cl)c(Cl)c2)C1. The molecule has 0 N–H and O–H groups in total. The van der Waals surface area contributed by atoms with Crippen molar-refractivity contribution in [2.45, 2.75) is 36.0 Å². The lowest BCUT2D eigenvalue weighted by Crippen LogP contribution is -2.48. The standard InChI is InChI=1S/C27H27Cl2NO4S/c28-24-14-13-22(19-25(24)29)27(16-8-18-34-35(32,33)23-11-5-2-6-12-23)15-7-17-30(20-27)26(31)21-9-3-1-4-10-21/h1-6,9-14,19H,7-8,15-18,20H2/t27-/m1/s1. The van der Waals surface area contributed by atoms with Crippen molar-refractivity contribution in [2.75, 3.05) is 19.7 Å². The highest BCUT2D eigenvalue weighted by Gasteiger charge is 2.39. The molecule has 0 spiro atoms. The molecular weight excluding hydrogens is 505 g/mol. The molecule has 0 unspecified atom stereocenters. The lowest BCUT2D eigenvalue weighted by atomic mass is 9.71. The van der Waals surface area contributed by atoms with Crippen LogP contribution in [0.3, 0.4) is 0 Å². The summed E-state index contributed by atoms with van der Waals surface area (Å²) in [5.74, 6) is -0.0161. The molecule has 1 aliphatic rings. The number of rotatable bonds is 8. The Balaban J connectivity index is 1.53. The maximum absolute atomic E-state index is 13.2. The minimum Gasteiger partial charge on any atom is -0.338 e. The Morgan fingerprint density at radius 3 is 2.31 bits per heavy atom. The molecule has 184 valence electrons. The van der Waals surface area contributed by atoms with Gasteiger partial charge in [-0.2, -0.15) is 8.42 Å². The first-order chi connectivity index (χ1) is 16.8. The molecule has 0 aliphatic carbocycles. The van der Waals surface area contributed by atoms with Crippen molar-refractivity contribution in [3.8, 4) is 0 Å². The Morgan fingerprint density at radius 2 is 1.63 bits per heavy atom. The third kappa shape index (κ3) is 6.07. The van der Waals surface area contributed by atoms with Gasteiger partial charge in [-0.15, -0.1) is 0 Å². The van der Waals surface area contributed by atoms with Crippen LogP contribution in [0.4, 0.5) is 0 Å². The lowest BCUT2D eigenvalue weighted by molar-refractivity contribution is 0.0620. The van der Waals surface area contributed by atoms with Gasteiger partial charge < -0.3 is 4.90 Å². The number of carbonyl (C=O) groups excluding carboxylic acids is 1. The molecule has 0 saturated carbocycles. The number of carbonyl (C=O) groups is 1. The van der Waals surface area contributed by atoms with Gasteiger partial charge in [0.15, 0.2) is 0 Å². The van der Waals surface area contributed by atoms with E-state index in [1.165, 1.54) is 12.1 Å². The van der Waals surface area contributed by atoms with E-state index in [1.54, 1.807) is 24.3 Å². The van der Waals surface area contributed by atoms with E-state index in [0.717, 1.165) is 18.4 Å². The van der Waals surface area contributed by atoms with Crippen molar-refractivity contribution in [2.24, 2.45) is 0 Å². The molecule has 3 aromatic carbocycles. The Morgan fingerprint density at radius 1 is 0.943 bits per heavy atom. The molecule has 3 aromatic rings. The molecule has 0 radical (unpaired) electrons. The van der Waals surface area contributed by atoms with E-state index < -0.39 is 15.5 Å². The molecule has 5 nitrogen and oxygen atoms in total. The zero-order valence-electron chi connectivity index (χ0n) is 19.2. The molecule has 0 bridgehead atoms. The summed E-state index contributed by atoms with van der Waals surface area (Å²) < 4.78 is 30.3. The van der Waals surface area contributed by atoms with Gasteiger partial charge in [0, 0.05) is 24.1 Å². The molecule has 1 amide bonds. The highest BCUT2D eigenvalue weighted by atomic mass is 35.5. The van der Waals surface area contributed by atoms with E-state index in [9.17, 15) is 13.2 Å². The second kappa shape index (κ2) is 11.1. The first-order valence-corrected chi connectivity index (χ1v) is 13.7. The highest BCUT2D eigenvalue weighted by molar-refractivity contribution is 7.86. The summed E-state index contributed by atoms with van der Waals surface area (Å²) in [7, 11) is -3.82. The van der Waals surface area contributed by atoms with Gasteiger partial charge in [0.05, 0.1) is 21.5 Å². The molecule has 35 heavy (non-hydrogen) atoms. The predicted molar refractivity (Wildman–Crippen MR) is 139 cm³/mol. The van der Waals surface area contributed by atoms with Gasteiger partial charge in [-0.3, -0.25) is 8.98 Å². The summed E-state index contributed by atoms with van der Waals surface area (Å²) in [6.07, 6.45) is 2.80. The van der Waals surface area contributed by atoms with E-state index in [-0.39, 0.29) is 17.4 Å². The van der Waals surface area contributed by atoms with Crippen molar-refractivity contribution in [1.29, 1.82) is 0 Å². The number of benzene rings is 3. The van der Waals surface area contributed by atoms with Crippen LogP contribution in [0.5, 0.6) is 0 Å². The third-order valence-corrected chi connectivity index (χ3v) is 8.55. The van der Waals surface area contributed by atoms with Crippen LogP contribution in [0.25, 0.3) is 0 Å². The molecule has 1 atom stereocenters. The number of piperidine rings is 1. The summed E-state index contributed by atoms with van der Waals surface area (Å²) in [5.41, 5.74) is 1.25. The van der Waals surface area contributed by atoms with E-state index in [1.807, 2.05) is 47.4 Å². The fourth-order valence-corrected chi connectivity index (χ4v) is 5.97. The first-order valence-electron chi connectivity index (χ1n) is 11.6. The van der Waals surface area contributed by atoms with Gasteiger partial charge in [-0.25, -0.2) is 0 Å². The van der Waals surface area contributed by atoms with Crippen molar-refractivity contribution in [3.05, 3.63) is 100 Å². The van der Waals surface area contributed by atoms with Crippen LogP contribution < -0.4 is 0 Å². The molecule has 1 fully saturated rings. The predicted octanol–water partition coefficient (Wildman–Crippen LogP) is 6.35. The Bertz CT molecular complexity index is 1270. The van der Waals surface area contributed by atoms with Crippen LogP contribution in [-0.4, -0.2) is 38.9 Å². The molecule has 1 saturated heterocycles. The Hall–Kier alpha value is -2.38. The number of halogens is 2. The second-order valence-electron chi connectivity index (χ2n) is 8.80. The van der Waals surface area contributed by atoms with Crippen LogP contribution >= 0.6 is 23.2 Å². The van der Waals surface area contributed by atoms with Gasteiger partial charge >= 0.3 is 0 Å². The van der Waals surface area contributed by atoms with Crippen LogP contribution in [0.1, 0.15) is 41.6 Å². The molecule has 4 rings (SSSR count). The number of nitrogens with zero attached hydrogens (tertiary/aromatic N) is 1. The van der Waals surface area contributed by atoms with Crippen LogP contribution in [0.15, 0.2) is 83.8 Å². The topological polar surface area (TPSA) is 63.7 Å². The molecule has 0 aromatic heterocycles. The fraction of sp³-hybridized carbons (Fsp3) is 0.296. The minimum absolute atomic E-state index is 0.0161. The van der Waals surface area contributed by atoms with Crippen molar-refractivity contribution in [1.82, 2.24) is 4.90 Å². The Kier molecular flexibility index (Phi) is 8.17. The lowest BCUT2D eigenvalue weighted by Gasteiger charge is -2.44. The maximum Gasteiger partial charge on any atom is 0.296 e. The minimum atomic E-state index is -3.82. The summed E-state index contributed by atoms with van der Waals surface area (Å²) in [6, 6.07) is 22.9. The number of amides is 1. The van der Waals surface area contributed by atoms with Crippen molar-refractivity contribution in [3.63, 3.8) is 0 Å². The zero-order valence-corrected chi connectivity index (χ0v) is 21.5. The summed E-state index contributed by atoms with van der Waals surface area (Å²) >= 11 is 12.5. The first kappa shape index (κ1) is 25.7. The maximum atomic E-state index is 13.2. The normalized spacial score (nSPS) is 18.4. The van der Waals surface area contributed by atoms with Crippen molar-refractivity contribution < 1.29 is 17.4 Å². The van der Waals surface area contributed by atoms with E-state index in [2.05, 4.69) is 0 Å². The summed E-state index contributed by atoms with van der Waals surface area (Å²) in [6.45, 7) is 1.22. The summed E-state index contributed by atoms with van der Waals surface area (Å²) in [4.78, 5) is 15.2. The quantitative estimate of drug-likeness (QED) is 0.251. The van der Waals surface area contributed by atoms with Gasteiger partial charge in [-0.1, -0.05) is 65.7 Å². The second-order valence-corrected chi connectivity index (χ2v) is 11.2. The Labute approximate surface area is 216 Å². The van der Waals surface area contributed by atoms with Crippen molar-refractivity contribution >= 4 is 39.2 Å². The van der Waals surface area contributed by atoms with E-state index in [0.29, 0.717) is 41.5 Å².